The van der Waals surface area contributed by atoms with Crippen LogP contribution in [0.3, 0.4) is 0 Å². The van der Waals surface area contributed by atoms with Crippen LogP contribution < -0.4 is 42.6 Å². The second kappa shape index (κ2) is 36.1. The van der Waals surface area contributed by atoms with Gasteiger partial charge in [-0.1, -0.05) is 144 Å². The summed E-state index contributed by atoms with van der Waals surface area (Å²) in [6.45, 7) is 24.6. The standard InChI is InChI=1S/C67H94O9.CHF3O3S/c1-10-19-38-68-57-35-32-51(62(71-41-22-13-4)65(57)74-44-25-16-7)56-48-54-50-31-29-28-30-49(50)47-55(54)60(52-33-36-58(69-39-20-11-2)66(75-45-26-17-8)63(52)72-42-23-14-5)61(56)53-34-37-59(70-40-21-12-3)67(76-46-27-18-9)64(53)73-43-24-15-6;2-1(3,4)8(5,6)7/h28-37,48H,10-27,38-47H2,1-9H3;(H,5,6,7). The maximum Gasteiger partial charge on any atom is 0.522 e. The molecule has 5 aromatic rings. The van der Waals surface area contributed by atoms with E-state index in [1.165, 1.54) is 16.7 Å². The Morgan fingerprint density at radius 1 is 0.369 bits per heavy atom. The van der Waals surface area contributed by atoms with E-state index >= 15 is 0 Å². The summed E-state index contributed by atoms with van der Waals surface area (Å²) in [4.78, 5) is 0. The number of rotatable bonds is 39. The highest BCUT2D eigenvalue weighted by Gasteiger charge is 2.44. The maximum atomic E-state index is 10.7. The molecule has 0 saturated heterocycles. The zero-order valence-electron chi connectivity index (χ0n) is 51.6. The van der Waals surface area contributed by atoms with Crippen LogP contribution >= 0.6 is 0 Å². The van der Waals surface area contributed by atoms with Gasteiger partial charge in [0, 0.05) is 22.3 Å². The van der Waals surface area contributed by atoms with E-state index < -0.39 is 15.6 Å². The number of unbranched alkanes of at least 4 members (excludes halogenated alkanes) is 9. The normalized spacial score (nSPS) is 11.8. The van der Waals surface area contributed by atoms with Gasteiger partial charge in [-0.2, -0.15) is 21.6 Å². The molecule has 0 saturated carbocycles. The third-order valence-corrected chi connectivity index (χ3v) is 14.8. The summed E-state index contributed by atoms with van der Waals surface area (Å²) in [6, 6.07) is 24.1. The quantitative estimate of drug-likeness (QED) is 0.0223. The monoisotopic (exact) mass is 1190 g/mol. The zero-order valence-corrected chi connectivity index (χ0v) is 52.4. The van der Waals surface area contributed by atoms with Crippen molar-refractivity contribution >= 4 is 10.1 Å². The van der Waals surface area contributed by atoms with Gasteiger partial charge in [0.1, 0.15) is 0 Å². The van der Waals surface area contributed by atoms with E-state index in [4.69, 9.17) is 55.6 Å². The van der Waals surface area contributed by atoms with E-state index in [0.29, 0.717) is 118 Å². The molecule has 12 nitrogen and oxygen atoms in total. The third-order valence-electron chi connectivity index (χ3n) is 14.2. The van der Waals surface area contributed by atoms with Crippen LogP contribution in [0.4, 0.5) is 13.2 Å². The van der Waals surface area contributed by atoms with Gasteiger partial charge in [-0.3, -0.25) is 4.55 Å². The van der Waals surface area contributed by atoms with Crippen molar-refractivity contribution in [2.75, 3.05) is 59.5 Å². The van der Waals surface area contributed by atoms with E-state index in [1.807, 2.05) is 0 Å². The van der Waals surface area contributed by atoms with Crippen LogP contribution in [-0.2, 0) is 16.5 Å². The maximum absolute atomic E-state index is 10.7. The average Bonchev–Trinajstić information content (AvgIpc) is 1.80. The van der Waals surface area contributed by atoms with Crippen molar-refractivity contribution in [2.45, 2.75) is 190 Å². The van der Waals surface area contributed by atoms with Crippen molar-refractivity contribution in [3.8, 4) is 96.3 Å². The third kappa shape index (κ3) is 19.0. The highest BCUT2D eigenvalue weighted by molar-refractivity contribution is 7.86. The van der Waals surface area contributed by atoms with Gasteiger partial charge >= 0.3 is 15.6 Å². The van der Waals surface area contributed by atoms with Gasteiger partial charge < -0.3 is 42.6 Å². The minimum Gasteiger partial charge on any atom is -0.490 e. The Kier molecular flexibility index (Phi) is 29.6. The lowest BCUT2D eigenvalue weighted by molar-refractivity contribution is -0.0510. The molecule has 0 aromatic heterocycles. The summed E-state index contributed by atoms with van der Waals surface area (Å²) in [6.07, 6.45) is 17.7. The molecule has 1 N–H and O–H groups in total. The van der Waals surface area contributed by atoms with Crippen molar-refractivity contribution in [3.63, 3.8) is 0 Å². The summed E-state index contributed by atoms with van der Waals surface area (Å²) < 4.78 is 120. The van der Waals surface area contributed by atoms with Crippen LogP contribution in [0, 0.1) is 0 Å². The van der Waals surface area contributed by atoms with Crippen LogP contribution in [0.1, 0.15) is 189 Å². The molecule has 466 valence electrons. The lowest BCUT2D eigenvalue weighted by atomic mass is 9.81. The van der Waals surface area contributed by atoms with Gasteiger partial charge in [-0.05, 0) is 140 Å². The molecule has 0 atom stereocenters. The summed E-state index contributed by atoms with van der Waals surface area (Å²) >= 11 is 0. The molecule has 0 spiro atoms. The lowest BCUT2D eigenvalue weighted by Gasteiger charge is -2.28. The first-order valence-electron chi connectivity index (χ1n) is 31.2. The minimum absolute atomic E-state index is 0.502. The molecule has 0 amide bonds. The molecule has 0 unspecified atom stereocenters. The van der Waals surface area contributed by atoms with Gasteiger partial charge in [-0.25, -0.2) is 0 Å². The molecule has 0 fully saturated rings. The molecule has 5 aromatic carbocycles. The smallest absolute Gasteiger partial charge is 0.490 e. The van der Waals surface area contributed by atoms with E-state index in [9.17, 15) is 13.2 Å². The fraction of sp³-hybridized carbons (Fsp3) is 0.559. The number of hydrogen-bond donors (Lipinski definition) is 1. The first-order chi connectivity index (χ1) is 40.7. The number of ether oxygens (including phenoxy) is 9. The van der Waals surface area contributed by atoms with Crippen molar-refractivity contribution in [2.24, 2.45) is 0 Å². The van der Waals surface area contributed by atoms with Gasteiger partial charge in [0.15, 0.2) is 34.5 Å². The average molecular weight is 1190 g/mol. The van der Waals surface area contributed by atoms with Crippen LogP contribution in [0.15, 0.2) is 66.7 Å². The Morgan fingerprint density at radius 3 is 1.01 bits per heavy atom. The predicted octanol–water partition coefficient (Wildman–Crippen LogP) is 19.3. The Bertz CT molecular complexity index is 2890. The summed E-state index contributed by atoms with van der Waals surface area (Å²) in [5, 5.41) is 0. The molecule has 1 aliphatic carbocycles. The SMILES string of the molecule is CCCCOc1ccc(-c2cc3c(c(-c4ccc(OCCCC)c(OCCCC)c4OCCCC)c2-c2ccc(OCCCC)c(OCCCC)c2OCCCC)Cc2ccccc2-3)c(OCCCC)c1OCCCC.O=S(=O)(O)C(F)(F)F. The van der Waals surface area contributed by atoms with Crippen LogP contribution in [-0.4, -0.2) is 77.9 Å². The van der Waals surface area contributed by atoms with Crippen LogP contribution in [0.2, 0.25) is 0 Å². The van der Waals surface area contributed by atoms with E-state index in [1.54, 1.807) is 0 Å². The predicted molar refractivity (Wildman–Crippen MR) is 332 cm³/mol. The fourth-order valence-corrected chi connectivity index (χ4v) is 9.38. The topological polar surface area (TPSA) is 137 Å². The molecular weight excluding hydrogens is 1100 g/mol. The fourth-order valence-electron chi connectivity index (χ4n) is 9.38. The van der Waals surface area contributed by atoms with Crippen LogP contribution in [0.5, 0.6) is 51.7 Å². The van der Waals surface area contributed by atoms with Crippen molar-refractivity contribution in [1.29, 1.82) is 0 Å². The highest BCUT2D eigenvalue weighted by atomic mass is 32.2. The molecule has 84 heavy (non-hydrogen) atoms. The molecule has 16 heteroatoms. The number of hydrogen-bond acceptors (Lipinski definition) is 11. The summed E-state index contributed by atoms with van der Waals surface area (Å²) in [7, 11) is -5.84. The second-order valence-corrected chi connectivity index (χ2v) is 22.5. The molecule has 0 aliphatic heterocycles. The summed E-state index contributed by atoms with van der Waals surface area (Å²) in [5.74, 6) is 6.00. The second-order valence-electron chi connectivity index (χ2n) is 21.1. The highest BCUT2D eigenvalue weighted by Crippen LogP contribution is 2.59. The van der Waals surface area contributed by atoms with E-state index in [2.05, 4.69) is 129 Å². The largest absolute Gasteiger partial charge is 0.522 e. The number of alkyl halides is 3. The molecule has 0 radical (unpaired) electrons. The molecule has 0 heterocycles. The Labute approximate surface area is 500 Å². The first kappa shape index (κ1) is 68.8. The Hall–Kier alpha value is -6.00. The van der Waals surface area contributed by atoms with E-state index in [0.717, 1.165) is 155 Å². The van der Waals surface area contributed by atoms with Crippen molar-refractivity contribution in [3.05, 3.63) is 77.9 Å². The number of benzene rings is 5. The Balaban J connectivity index is 0.00000150. The van der Waals surface area contributed by atoms with Gasteiger partial charge in [0.25, 0.3) is 0 Å². The van der Waals surface area contributed by atoms with Gasteiger partial charge in [-0.15, -0.1) is 0 Å². The van der Waals surface area contributed by atoms with Gasteiger partial charge in [0.05, 0.1) is 59.5 Å². The van der Waals surface area contributed by atoms with Crippen molar-refractivity contribution in [1.82, 2.24) is 0 Å². The summed E-state index contributed by atoms with van der Waals surface area (Å²) in [5.41, 5.74) is 4.97. The first-order valence-corrected chi connectivity index (χ1v) is 32.6. The Morgan fingerprint density at radius 2 is 0.667 bits per heavy atom. The van der Waals surface area contributed by atoms with Gasteiger partial charge in [0.2, 0.25) is 17.2 Å². The molecular formula is C68H95F3O12S. The minimum atomic E-state index is -5.84. The van der Waals surface area contributed by atoms with Crippen LogP contribution in [0.25, 0.3) is 44.5 Å². The lowest BCUT2D eigenvalue weighted by Crippen LogP contribution is -2.21. The molecule has 0 bridgehead atoms. The molecule has 1 aliphatic rings. The number of halogens is 3. The number of fused-ring (bicyclic) bond motifs is 3. The van der Waals surface area contributed by atoms with E-state index in [-0.39, 0.29) is 0 Å². The van der Waals surface area contributed by atoms with Crippen molar-refractivity contribution < 1.29 is 68.8 Å². The zero-order chi connectivity index (χ0) is 60.9. The molecule has 6 rings (SSSR count).